The summed E-state index contributed by atoms with van der Waals surface area (Å²) >= 11 is 0. The summed E-state index contributed by atoms with van der Waals surface area (Å²) in [4.78, 5) is 0.340. The summed E-state index contributed by atoms with van der Waals surface area (Å²) < 4.78 is 25.2. The van der Waals surface area contributed by atoms with E-state index in [1.54, 1.807) is 29.1 Å². The largest absolute Gasteiger partial charge is 0.306 e. The second-order valence-corrected chi connectivity index (χ2v) is 7.19. The Balaban J connectivity index is 2.41. The number of hydrogen-bond acceptors (Lipinski definition) is 4. The highest BCUT2D eigenvalue weighted by Crippen LogP contribution is 2.24. The lowest BCUT2D eigenvalue weighted by Gasteiger charge is -2.18. The van der Waals surface area contributed by atoms with Crippen molar-refractivity contribution in [3.05, 3.63) is 47.8 Å². The van der Waals surface area contributed by atoms with Gasteiger partial charge in [0.05, 0.1) is 17.1 Å². The zero-order valence-corrected chi connectivity index (χ0v) is 13.4. The van der Waals surface area contributed by atoms with Crippen LogP contribution in [0.25, 0.3) is 0 Å². The summed E-state index contributed by atoms with van der Waals surface area (Å²) in [5.74, 6) is 0. The van der Waals surface area contributed by atoms with Crippen molar-refractivity contribution in [2.45, 2.75) is 24.3 Å². The first-order chi connectivity index (χ1) is 9.91. The molecule has 1 unspecified atom stereocenters. The molecule has 0 fully saturated rings. The molecule has 0 aliphatic rings. The van der Waals surface area contributed by atoms with Gasteiger partial charge in [-0.05, 0) is 30.7 Å². The van der Waals surface area contributed by atoms with Crippen LogP contribution in [0, 0.1) is 0 Å². The molecule has 0 saturated heterocycles. The smallest absolute Gasteiger partial charge is 0.175 e. The second-order valence-electron chi connectivity index (χ2n) is 5.18. The van der Waals surface area contributed by atoms with Gasteiger partial charge in [-0.3, -0.25) is 4.68 Å². The van der Waals surface area contributed by atoms with Crippen molar-refractivity contribution >= 4 is 9.84 Å². The number of rotatable bonds is 6. The fourth-order valence-corrected chi connectivity index (χ4v) is 2.91. The average molecular weight is 307 g/mol. The Morgan fingerprint density at radius 3 is 2.67 bits per heavy atom. The third-order valence-corrected chi connectivity index (χ3v) is 4.39. The third kappa shape index (κ3) is 3.92. The highest BCUT2D eigenvalue weighted by atomic mass is 32.2. The molecule has 0 aliphatic heterocycles. The number of aromatic nitrogens is 2. The van der Waals surface area contributed by atoms with Gasteiger partial charge in [0.1, 0.15) is 0 Å². The van der Waals surface area contributed by atoms with Crippen LogP contribution >= 0.6 is 0 Å². The van der Waals surface area contributed by atoms with E-state index in [1.165, 1.54) is 6.26 Å². The molecule has 1 heterocycles. The van der Waals surface area contributed by atoms with Gasteiger partial charge in [-0.1, -0.05) is 19.1 Å². The summed E-state index contributed by atoms with van der Waals surface area (Å²) in [7, 11) is -1.34. The van der Waals surface area contributed by atoms with Crippen molar-refractivity contribution in [3.8, 4) is 0 Å². The Bertz CT molecular complexity index is 707. The molecule has 114 valence electrons. The molecular formula is C15H21N3O2S. The number of hydrogen-bond donors (Lipinski definition) is 1. The van der Waals surface area contributed by atoms with E-state index < -0.39 is 9.84 Å². The number of benzene rings is 1. The van der Waals surface area contributed by atoms with E-state index in [0.717, 1.165) is 24.1 Å². The van der Waals surface area contributed by atoms with Crippen LogP contribution in [0.3, 0.4) is 0 Å². The monoisotopic (exact) mass is 307 g/mol. The van der Waals surface area contributed by atoms with Crippen molar-refractivity contribution in [3.63, 3.8) is 0 Å². The molecule has 0 radical (unpaired) electrons. The normalized spacial score (nSPS) is 13.3. The Morgan fingerprint density at radius 2 is 2.10 bits per heavy atom. The van der Waals surface area contributed by atoms with Gasteiger partial charge in [0.25, 0.3) is 0 Å². The van der Waals surface area contributed by atoms with Crippen LogP contribution in [0.5, 0.6) is 0 Å². The van der Waals surface area contributed by atoms with Gasteiger partial charge >= 0.3 is 0 Å². The van der Waals surface area contributed by atoms with E-state index in [-0.39, 0.29) is 6.04 Å². The number of nitrogens with one attached hydrogen (secondary N) is 1. The summed E-state index contributed by atoms with van der Waals surface area (Å²) in [6, 6.07) is 7.02. The lowest BCUT2D eigenvalue weighted by Crippen LogP contribution is -2.23. The first-order valence-corrected chi connectivity index (χ1v) is 8.83. The van der Waals surface area contributed by atoms with Gasteiger partial charge in [-0.2, -0.15) is 5.10 Å². The number of sulfone groups is 1. The van der Waals surface area contributed by atoms with Crippen LogP contribution in [0.2, 0.25) is 0 Å². The van der Waals surface area contributed by atoms with Gasteiger partial charge in [-0.15, -0.1) is 0 Å². The molecule has 5 nitrogen and oxygen atoms in total. The fraction of sp³-hybridized carbons (Fsp3) is 0.400. The van der Waals surface area contributed by atoms with Crippen LogP contribution in [0.4, 0.5) is 0 Å². The highest BCUT2D eigenvalue weighted by Gasteiger charge is 2.17. The van der Waals surface area contributed by atoms with Crippen molar-refractivity contribution in [1.82, 2.24) is 15.1 Å². The standard InChI is InChI=1S/C15H21N3O2S/c1-4-8-16-15(13-10-17-18(2)11-13)12-6-5-7-14(9-12)21(3,19)20/h5-7,9-11,15-16H,4,8H2,1-3H3. The fourth-order valence-electron chi connectivity index (χ4n) is 2.23. The number of nitrogens with zero attached hydrogens (tertiary/aromatic N) is 2. The van der Waals surface area contributed by atoms with Crippen molar-refractivity contribution in [2.24, 2.45) is 7.05 Å². The van der Waals surface area contributed by atoms with Crippen LogP contribution < -0.4 is 5.32 Å². The molecule has 2 aromatic rings. The molecule has 1 atom stereocenters. The Hall–Kier alpha value is -1.66. The molecule has 1 N–H and O–H groups in total. The molecule has 0 bridgehead atoms. The molecular weight excluding hydrogens is 286 g/mol. The molecule has 0 saturated carbocycles. The van der Waals surface area contributed by atoms with E-state index >= 15 is 0 Å². The summed E-state index contributed by atoms with van der Waals surface area (Å²) in [6.45, 7) is 2.95. The van der Waals surface area contributed by atoms with Gasteiger partial charge in [0, 0.05) is 25.1 Å². The maximum absolute atomic E-state index is 11.7. The third-order valence-electron chi connectivity index (χ3n) is 3.28. The van der Waals surface area contributed by atoms with Crippen LogP contribution in [0.1, 0.15) is 30.5 Å². The van der Waals surface area contributed by atoms with Crippen molar-refractivity contribution in [1.29, 1.82) is 0 Å². The maximum atomic E-state index is 11.7. The maximum Gasteiger partial charge on any atom is 0.175 e. The van der Waals surface area contributed by atoms with Gasteiger partial charge in [0.15, 0.2) is 9.84 Å². The summed E-state index contributed by atoms with van der Waals surface area (Å²) in [5, 5.41) is 7.65. The van der Waals surface area contributed by atoms with Gasteiger partial charge < -0.3 is 5.32 Å². The lowest BCUT2D eigenvalue weighted by molar-refractivity contribution is 0.593. The van der Waals surface area contributed by atoms with Gasteiger partial charge in [-0.25, -0.2) is 8.42 Å². The minimum atomic E-state index is -3.20. The second kappa shape index (κ2) is 6.41. The van der Waals surface area contributed by atoms with Crippen LogP contribution in [-0.4, -0.2) is 31.0 Å². The molecule has 0 spiro atoms. The first-order valence-electron chi connectivity index (χ1n) is 6.93. The first kappa shape index (κ1) is 15.7. The Kier molecular flexibility index (Phi) is 4.80. The average Bonchev–Trinajstić information content (AvgIpc) is 2.85. The van der Waals surface area contributed by atoms with Crippen LogP contribution in [-0.2, 0) is 16.9 Å². The molecule has 1 aromatic carbocycles. The van der Waals surface area contributed by atoms with E-state index in [2.05, 4.69) is 17.3 Å². The zero-order valence-electron chi connectivity index (χ0n) is 12.6. The predicted octanol–water partition coefficient (Wildman–Crippen LogP) is 1.91. The number of aryl methyl sites for hydroxylation is 1. The van der Waals surface area contributed by atoms with E-state index in [1.807, 2.05) is 19.3 Å². The predicted molar refractivity (Wildman–Crippen MR) is 82.9 cm³/mol. The SMILES string of the molecule is CCCNC(c1cccc(S(C)(=O)=O)c1)c1cnn(C)c1. The minimum Gasteiger partial charge on any atom is -0.306 e. The van der Waals surface area contributed by atoms with E-state index in [0.29, 0.717) is 4.90 Å². The molecule has 6 heteroatoms. The molecule has 0 amide bonds. The molecule has 21 heavy (non-hydrogen) atoms. The Labute approximate surface area is 125 Å². The lowest BCUT2D eigenvalue weighted by atomic mass is 10.0. The van der Waals surface area contributed by atoms with Crippen molar-refractivity contribution < 1.29 is 8.42 Å². The Morgan fingerprint density at radius 1 is 1.33 bits per heavy atom. The van der Waals surface area contributed by atoms with E-state index in [9.17, 15) is 8.42 Å². The summed E-state index contributed by atoms with van der Waals surface area (Å²) in [6.07, 6.45) is 5.98. The molecule has 0 aliphatic carbocycles. The zero-order chi connectivity index (χ0) is 15.5. The minimum absolute atomic E-state index is 0.0552. The quantitative estimate of drug-likeness (QED) is 0.885. The van der Waals surface area contributed by atoms with Crippen molar-refractivity contribution in [2.75, 3.05) is 12.8 Å². The highest BCUT2D eigenvalue weighted by molar-refractivity contribution is 7.90. The van der Waals surface area contributed by atoms with Gasteiger partial charge in [0.2, 0.25) is 0 Å². The van der Waals surface area contributed by atoms with E-state index in [4.69, 9.17) is 0 Å². The molecule has 1 aromatic heterocycles. The summed E-state index contributed by atoms with van der Waals surface area (Å²) in [5.41, 5.74) is 1.95. The molecule has 2 rings (SSSR count). The van der Waals surface area contributed by atoms with Crippen LogP contribution in [0.15, 0.2) is 41.6 Å². The topological polar surface area (TPSA) is 64.0 Å².